The second-order valence-corrected chi connectivity index (χ2v) is 16.1. The largest absolute Gasteiger partial charge is 0.462 e. The number of rotatable bonds is 12. The maximum atomic E-state index is 13.1. The maximum absolute atomic E-state index is 13.1. The van der Waals surface area contributed by atoms with Gasteiger partial charge in [0.05, 0.1) is 17.3 Å². The second kappa shape index (κ2) is 15.2. The van der Waals surface area contributed by atoms with Crippen molar-refractivity contribution in [1.82, 2.24) is 0 Å². The number of hydrogen-bond acceptors (Lipinski definition) is 6. The van der Waals surface area contributed by atoms with Crippen molar-refractivity contribution < 1.29 is 29.3 Å². The first kappa shape index (κ1) is 39.4. The lowest BCUT2D eigenvalue weighted by molar-refractivity contribution is -0.152. The van der Waals surface area contributed by atoms with E-state index in [1.165, 1.54) is 12.5 Å². The van der Waals surface area contributed by atoms with Crippen molar-refractivity contribution >= 4 is 11.8 Å². The van der Waals surface area contributed by atoms with Crippen LogP contribution in [0, 0.1) is 10.8 Å². The first-order valence-corrected chi connectivity index (χ1v) is 17.4. The molecule has 0 aromatic carbocycles. The Morgan fingerprint density at radius 3 is 1.94 bits per heavy atom. The van der Waals surface area contributed by atoms with Crippen molar-refractivity contribution in [3.8, 4) is 0 Å². The highest BCUT2D eigenvalue weighted by Crippen LogP contribution is 2.67. The first-order chi connectivity index (χ1) is 22.1. The molecule has 0 aromatic rings. The van der Waals surface area contributed by atoms with Crippen LogP contribution in [0.4, 0.5) is 0 Å². The van der Waals surface area contributed by atoms with Crippen LogP contribution in [0.3, 0.4) is 0 Å². The van der Waals surface area contributed by atoms with Crippen LogP contribution in [0.25, 0.3) is 0 Å². The molecule has 6 nitrogen and oxygen atoms in total. The van der Waals surface area contributed by atoms with Crippen LogP contribution in [0.1, 0.15) is 115 Å². The average Bonchev–Trinajstić information content (AvgIpc) is 3.53. The number of fused-ring (bicyclic) bond motifs is 1. The third kappa shape index (κ3) is 9.77. The van der Waals surface area contributed by atoms with E-state index in [2.05, 4.69) is 65.8 Å². The van der Waals surface area contributed by atoms with E-state index < -0.39 is 16.8 Å². The van der Waals surface area contributed by atoms with E-state index in [9.17, 15) is 19.8 Å². The number of Topliss-reactive ketones (excluding diaryl/α,β-unsaturated/α-hetero) is 1. The lowest BCUT2D eigenvalue weighted by Crippen LogP contribution is -2.48. The van der Waals surface area contributed by atoms with Crippen molar-refractivity contribution in [2.75, 3.05) is 0 Å². The highest BCUT2D eigenvalue weighted by molar-refractivity contribution is 5.96. The second-order valence-electron chi connectivity index (χ2n) is 16.1. The molecule has 0 aromatic heterocycles. The molecule has 5 atom stereocenters. The van der Waals surface area contributed by atoms with Gasteiger partial charge in [0.15, 0.2) is 5.78 Å². The van der Waals surface area contributed by atoms with Gasteiger partial charge in [0.25, 0.3) is 0 Å². The zero-order chi connectivity index (χ0) is 36.1. The van der Waals surface area contributed by atoms with Gasteiger partial charge >= 0.3 is 5.97 Å². The Kier molecular flexibility index (Phi) is 12.5. The van der Waals surface area contributed by atoms with Crippen LogP contribution in [0.5, 0.6) is 0 Å². The highest BCUT2D eigenvalue weighted by Gasteiger charge is 2.76. The van der Waals surface area contributed by atoms with Gasteiger partial charge in [0, 0.05) is 26.2 Å². The fourth-order valence-electron chi connectivity index (χ4n) is 8.03. The van der Waals surface area contributed by atoms with Crippen LogP contribution in [0.2, 0.25) is 0 Å². The van der Waals surface area contributed by atoms with Gasteiger partial charge in [-0.3, -0.25) is 9.59 Å². The molecule has 2 N–H and O–H groups in total. The van der Waals surface area contributed by atoms with Crippen LogP contribution in [-0.2, 0) is 19.1 Å². The van der Waals surface area contributed by atoms with Gasteiger partial charge in [-0.2, -0.15) is 0 Å². The molecule has 6 heteroatoms. The molecule has 48 heavy (non-hydrogen) atoms. The van der Waals surface area contributed by atoms with E-state index in [0.29, 0.717) is 37.7 Å². The van der Waals surface area contributed by atoms with Gasteiger partial charge in [-0.1, -0.05) is 111 Å². The molecular weight excluding hydrogens is 600 g/mol. The molecule has 0 spiro atoms. The van der Waals surface area contributed by atoms with Gasteiger partial charge in [-0.05, 0) is 82.8 Å². The number of esters is 1. The predicted octanol–water partition coefficient (Wildman–Crippen LogP) is 8.93. The zero-order valence-electron chi connectivity index (χ0n) is 31.3. The maximum Gasteiger partial charge on any atom is 0.302 e. The van der Waals surface area contributed by atoms with Gasteiger partial charge in [-0.25, -0.2) is 0 Å². The summed E-state index contributed by atoms with van der Waals surface area (Å²) in [6, 6.07) is 0. The van der Waals surface area contributed by atoms with Crippen molar-refractivity contribution in [2.45, 2.75) is 144 Å². The standard InChI is InChI=1S/C42H60O6/c1-29(18-14-19-31(3)22-23-37-38(6,7)26-35(47-33(5)43)27-40(37,10)46)16-12-13-17-30(2)20-15-21-32(4)36(45)28-42-39(8,9)24-34(44)25-41(42,11)48-42/h12-21,23,34-35,44,46H,22,24-28H2,1-11H3/b13-12+,18-14+,20-15-,29-16+,30-17+,31-19+,32-21+,37-23?/t34-,35-,40+,41+,42-/m0/s1. The molecule has 0 bridgehead atoms. The van der Waals surface area contributed by atoms with E-state index in [4.69, 9.17) is 9.47 Å². The molecule has 0 unspecified atom stereocenters. The molecule has 1 aliphatic heterocycles. The van der Waals surface area contributed by atoms with Gasteiger partial charge in [0.1, 0.15) is 11.7 Å². The Morgan fingerprint density at radius 2 is 1.40 bits per heavy atom. The summed E-state index contributed by atoms with van der Waals surface area (Å²) in [6.45, 7) is 21.7. The summed E-state index contributed by atoms with van der Waals surface area (Å²) in [5.41, 5.74) is 2.58. The molecule has 1 heterocycles. The summed E-state index contributed by atoms with van der Waals surface area (Å²) in [7, 11) is 0. The summed E-state index contributed by atoms with van der Waals surface area (Å²) < 4.78 is 11.6. The SMILES string of the molecule is CC(=O)O[C@H]1CC(C)(C)C(=CC/C(C)=C/C=C/C(C)=C/C=C/C=C(C)/C=C\C=C(/C)C(=O)C[C@@]23O[C@]2(C)C[C@@H](O)CC3(C)C)[C@](C)(O)C1. The Hall–Kier alpha value is -3.06. The number of allylic oxidation sites excluding steroid dienone is 15. The molecule has 0 amide bonds. The monoisotopic (exact) mass is 660 g/mol. The Labute approximate surface area is 289 Å². The van der Waals surface area contributed by atoms with E-state index >= 15 is 0 Å². The Bertz CT molecular complexity index is 1450. The fourth-order valence-corrected chi connectivity index (χ4v) is 8.03. The lowest BCUT2D eigenvalue weighted by atomic mass is 9.61. The number of carbonyl (C=O) groups is 2. The fraction of sp³-hybridized carbons (Fsp3) is 0.571. The highest BCUT2D eigenvalue weighted by atomic mass is 16.6. The molecule has 0 radical (unpaired) electrons. The van der Waals surface area contributed by atoms with E-state index in [1.54, 1.807) is 0 Å². The Morgan fingerprint density at radius 1 is 0.812 bits per heavy atom. The molecule has 2 aliphatic carbocycles. The van der Waals surface area contributed by atoms with Crippen molar-refractivity contribution in [3.63, 3.8) is 0 Å². The topological polar surface area (TPSA) is 96.4 Å². The number of ether oxygens (including phenoxy) is 2. The summed E-state index contributed by atoms with van der Waals surface area (Å²) in [4.78, 5) is 24.6. The molecular formula is C42H60O6. The van der Waals surface area contributed by atoms with Crippen LogP contribution in [0.15, 0.2) is 94.7 Å². The third-order valence-electron chi connectivity index (χ3n) is 10.4. The average molecular weight is 661 g/mol. The molecule has 3 fully saturated rings. The minimum Gasteiger partial charge on any atom is -0.462 e. The summed E-state index contributed by atoms with van der Waals surface area (Å²) in [6.07, 6.45) is 24.9. The summed E-state index contributed by atoms with van der Waals surface area (Å²) >= 11 is 0. The van der Waals surface area contributed by atoms with Crippen molar-refractivity contribution in [2.24, 2.45) is 10.8 Å². The van der Waals surface area contributed by atoms with Crippen molar-refractivity contribution in [1.29, 1.82) is 0 Å². The molecule has 1 saturated heterocycles. The van der Waals surface area contributed by atoms with Gasteiger partial charge in [-0.15, -0.1) is 0 Å². The van der Waals surface area contributed by atoms with Crippen LogP contribution < -0.4 is 0 Å². The Balaban J connectivity index is 1.50. The number of hydrogen-bond donors (Lipinski definition) is 2. The van der Waals surface area contributed by atoms with Gasteiger partial charge < -0.3 is 19.7 Å². The van der Waals surface area contributed by atoms with Crippen LogP contribution in [-0.4, -0.2) is 51.0 Å². The predicted molar refractivity (Wildman–Crippen MR) is 195 cm³/mol. The summed E-state index contributed by atoms with van der Waals surface area (Å²) in [5, 5.41) is 21.5. The van der Waals surface area contributed by atoms with E-state index in [-0.39, 0.29) is 34.8 Å². The van der Waals surface area contributed by atoms with Crippen LogP contribution >= 0.6 is 0 Å². The zero-order valence-corrected chi connectivity index (χ0v) is 31.3. The number of aliphatic hydroxyl groups is 2. The first-order valence-electron chi connectivity index (χ1n) is 17.4. The number of aliphatic hydroxyl groups excluding tert-OH is 1. The van der Waals surface area contributed by atoms with E-state index in [1.807, 2.05) is 70.2 Å². The molecule has 2 saturated carbocycles. The number of epoxide rings is 1. The number of carbonyl (C=O) groups excluding carboxylic acids is 2. The van der Waals surface area contributed by atoms with E-state index in [0.717, 1.165) is 23.1 Å². The van der Waals surface area contributed by atoms with Crippen molar-refractivity contribution in [3.05, 3.63) is 94.7 Å². The third-order valence-corrected chi connectivity index (χ3v) is 10.4. The normalized spacial score (nSPS) is 33.5. The molecule has 3 rings (SSSR count). The minimum atomic E-state index is -1.02. The lowest BCUT2D eigenvalue weighted by Gasteiger charge is -2.46. The quantitative estimate of drug-likeness (QED) is 0.0714. The molecule has 3 aliphatic rings. The number of ketones is 1. The minimum absolute atomic E-state index is 0.0853. The van der Waals surface area contributed by atoms with Gasteiger partial charge in [0.2, 0.25) is 0 Å². The molecule has 264 valence electrons. The summed E-state index contributed by atoms with van der Waals surface area (Å²) in [5.74, 6) is -0.223. The smallest absolute Gasteiger partial charge is 0.302 e.